The summed E-state index contributed by atoms with van der Waals surface area (Å²) >= 11 is 0. The first-order valence-corrected chi connectivity index (χ1v) is 6.48. The summed E-state index contributed by atoms with van der Waals surface area (Å²) < 4.78 is 0. The van der Waals surface area contributed by atoms with Crippen LogP contribution in [0.25, 0.3) is 0 Å². The van der Waals surface area contributed by atoms with Crippen molar-refractivity contribution in [1.29, 1.82) is 0 Å². The van der Waals surface area contributed by atoms with Gasteiger partial charge in [0.1, 0.15) is 0 Å². The normalized spacial score (nSPS) is 18.4. The lowest BCUT2D eigenvalue weighted by Gasteiger charge is -1.94. The molecule has 0 aromatic heterocycles. The van der Waals surface area contributed by atoms with Crippen LogP contribution in [0.2, 0.25) is 0 Å². The zero-order chi connectivity index (χ0) is 12.0. The first-order chi connectivity index (χ1) is 8.50. The largest absolute Gasteiger partial charge is 0.0845 e. The Hall–Kier alpha value is -1.56. The van der Waals surface area contributed by atoms with E-state index >= 15 is 0 Å². The van der Waals surface area contributed by atoms with Crippen LogP contribution in [0.15, 0.2) is 72.9 Å². The number of hydrogen-bond donors (Lipinski definition) is 0. The average molecular weight is 226 g/mol. The molecule has 0 atom stereocenters. The molecule has 17 heavy (non-hydrogen) atoms. The summed E-state index contributed by atoms with van der Waals surface area (Å²) in [4.78, 5) is 0. The van der Waals surface area contributed by atoms with Crippen molar-refractivity contribution < 1.29 is 0 Å². The molecule has 0 bridgehead atoms. The third-order valence-electron chi connectivity index (χ3n) is 2.51. The molecule has 0 nitrogen and oxygen atoms in total. The maximum absolute atomic E-state index is 2.25. The fourth-order valence-corrected chi connectivity index (χ4v) is 1.56. The molecule has 1 aliphatic rings. The van der Waals surface area contributed by atoms with Crippen molar-refractivity contribution >= 4 is 0 Å². The molecule has 1 rings (SSSR count). The minimum atomic E-state index is 1.19. The van der Waals surface area contributed by atoms with Crippen molar-refractivity contribution in [3.05, 3.63) is 72.9 Å². The molecule has 0 saturated heterocycles. The van der Waals surface area contributed by atoms with Crippen LogP contribution in [0, 0.1) is 0 Å². The molecule has 0 amide bonds. The maximum Gasteiger partial charge on any atom is -0.0348 e. The highest BCUT2D eigenvalue weighted by Gasteiger charge is 1.84. The first-order valence-electron chi connectivity index (χ1n) is 6.48. The van der Waals surface area contributed by atoms with E-state index < -0.39 is 0 Å². The van der Waals surface area contributed by atoms with E-state index in [1.165, 1.54) is 32.1 Å². The molecule has 0 N–H and O–H groups in total. The summed E-state index contributed by atoms with van der Waals surface area (Å²) in [6, 6.07) is 0. The minimum absolute atomic E-state index is 1.19. The molecule has 0 aliphatic heterocycles. The van der Waals surface area contributed by atoms with Gasteiger partial charge in [0, 0.05) is 0 Å². The van der Waals surface area contributed by atoms with Gasteiger partial charge in [0.25, 0.3) is 0 Å². The van der Waals surface area contributed by atoms with E-state index in [-0.39, 0.29) is 0 Å². The first kappa shape index (κ1) is 13.5. The predicted octanol–water partition coefficient (Wildman–Crippen LogP) is 5.29. The van der Waals surface area contributed by atoms with Gasteiger partial charge in [0.05, 0.1) is 0 Å². The number of allylic oxidation sites excluding steroid dienone is 12. The van der Waals surface area contributed by atoms with Gasteiger partial charge in [-0.25, -0.2) is 0 Å². The van der Waals surface area contributed by atoms with Crippen molar-refractivity contribution in [3.63, 3.8) is 0 Å². The fraction of sp³-hybridized carbons (Fsp3) is 0.294. The van der Waals surface area contributed by atoms with E-state index in [9.17, 15) is 0 Å². The molecule has 0 radical (unpaired) electrons. The molecule has 0 spiro atoms. The van der Waals surface area contributed by atoms with Crippen LogP contribution >= 0.6 is 0 Å². The summed E-state index contributed by atoms with van der Waals surface area (Å²) in [6.07, 6.45) is 31.5. The summed E-state index contributed by atoms with van der Waals surface area (Å²) in [6.45, 7) is 0. The van der Waals surface area contributed by atoms with Gasteiger partial charge in [-0.1, -0.05) is 79.3 Å². The highest BCUT2D eigenvalue weighted by atomic mass is 13.9. The number of hydrogen-bond acceptors (Lipinski definition) is 0. The molecule has 0 heterocycles. The van der Waals surface area contributed by atoms with Crippen LogP contribution in [0.4, 0.5) is 0 Å². The van der Waals surface area contributed by atoms with E-state index in [1.54, 1.807) is 0 Å². The smallest absolute Gasteiger partial charge is 0.0348 e. The fourth-order valence-electron chi connectivity index (χ4n) is 1.56. The van der Waals surface area contributed by atoms with E-state index in [1.807, 2.05) is 24.3 Å². The second-order valence-electron chi connectivity index (χ2n) is 4.03. The molecule has 0 fully saturated rings. The predicted molar refractivity (Wildman–Crippen MR) is 77.9 cm³/mol. The second kappa shape index (κ2) is 10.9. The topological polar surface area (TPSA) is 0 Å². The van der Waals surface area contributed by atoms with Gasteiger partial charge in [0.15, 0.2) is 0 Å². The Balaban J connectivity index is 2.45. The highest BCUT2D eigenvalue weighted by Crippen LogP contribution is 2.04. The van der Waals surface area contributed by atoms with Gasteiger partial charge in [0.2, 0.25) is 0 Å². The summed E-state index contributed by atoms with van der Waals surface area (Å²) in [7, 11) is 0. The molecule has 0 aromatic rings. The Bertz CT molecular complexity index is 301. The lowest BCUT2D eigenvalue weighted by molar-refractivity contribution is 0.696. The minimum Gasteiger partial charge on any atom is -0.0845 e. The van der Waals surface area contributed by atoms with Gasteiger partial charge in [-0.2, -0.15) is 0 Å². The van der Waals surface area contributed by atoms with Crippen molar-refractivity contribution in [1.82, 2.24) is 0 Å². The zero-order valence-electron chi connectivity index (χ0n) is 10.5. The van der Waals surface area contributed by atoms with Crippen molar-refractivity contribution in [3.8, 4) is 0 Å². The van der Waals surface area contributed by atoms with Gasteiger partial charge in [-0.3, -0.25) is 0 Å². The summed E-state index contributed by atoms with van der Waals surface area (Å²) in [5.41, 5.74) is 0. The molecule has 1 aliphatic carbocycles. The van der Waals surface area contributed by atoms with Crippen LogP contribution in [-0.2, 0) is 0 Å². The third kappa shape index (κ3) is 9.37. The molecule has 90 valence electrons. The molecular weight excluding hydrogens is 204 g/mol. The van der Waals surface area contributed by atoms with Crippen molar-refractivity contribution in [2.24, 2.45) is 0 Å². The Morgan fingerprint density at radius 3 is 1.12 bits per heavy atom. The molecule has 0 heteroatoms. The molecule has 0 aromatic carbocycles. The van der Waals surface area contributed by atoms with Crippen LogP contribution in [-0.4, -0.2) is 0 Å². The van der Waals surface area contributed by atoms with Gasteiger partial charge in [-0.05, 0) is 25.7 Å². The van der Waals surface area contributed by atoms with Crippen molar-refractivity contribution in [2.45, 2.75) is 32.1 Å². The van der Waals surface area contributed by atoms with Crippen LogP contribution in [0.3, 0.4) is 0 Å². The molecule has 0 saturated carbocycles. The van der Waals surface area contributed by atoms with Crippen molar-refractivity contribution in [2.75, 3.05) is 0 Å². The second-order valence-corrected chi connectivity index (χ2v) is 4.03. The van der Waals surface area contributed by atoms with E-state index in [2.05, 4.69) is 48.6 Å². The Labute approximate surface area is 105 Å². The zero-order valence-corrected chi connectivity index (χ0v) is 10.5. The third-order valence-corrected chi connectivity index (χ3v) is 2.51. The average Bonchev–Trinajstić information content (AvgIpc) is 2.35. The summed E-state index contributed by atoms with van der Waals surface area (Å²) in [5.74, 6) is 0. The quantitative estimate of drug-likeness (QED) is 0.526. The SMILES string of the molecule is C1=CC=CC=CCCCCCC=CC=CC=C1. The van der Waals surface area contributed by atoms with Gasteiger partial charge < -0.3 is 0 Å². The Morgan fingerprint density at radius 1 is 0.353 bits per heavy atom. The monoisotopic (exact) mass is 226 g/mol. The molecular formula is C17H22. The van der Waals surface area contributed by atoms with Crippen LogP contribution in [0.5, 0.6) is 0 Å². The maximum atomic E-state index is 2.25. The Morgan fingerprint density at radius 2 is 0.706 bits per heavy atom. The van der Waals surface area contributed by atoms with E-state index in [4.69, 9.17) is 0 Å². The van der Waals surface area contributed by atoms with Gasteiger partial charge in [-0.15, -0.1) is 0 Å². The standard InChI is InChI=1S/C17H22/c1-2-4-6-8-10-12-14-16-17-15-13-11-9-7-5-3-1/h1-12H,13-17H2. The van der Waals surface area contributed by atoms with E-state index in [0.717, 1.165) is 0 Å². The Kier molecular flexibility index (Phi) is 8.69. The van der Waals surface area contributed by atoms with Crippen LogP contribution in [0.1, 0.15) is 32.1 Å². The highest BCUT2D eigenvalue weighted by molar-refractivity contribution is 5.19. The lowest BCUT2D eigenvalue weighted by Crippen LogP contribution is -1.74. The van der Waals surface area contributed by atoms with Gasteiger partial charge >= 0.3 is 0 Å². The molecule has 0 unspecified atom stereocenters. The summed E-state index contributed by atoms with van der Waals surface area (Å²) in [5, 5.41) is 0. The van der Waals surface area contributed by atoms with Crippen LogP contribution < -0.4 is 0 Å². The van der Waals surface area contributed by atoms with E-state index in [0.29, 0.717) is 0 Å². The number of rotatable bonds is 0. The lowest BCUT2D eigenvalue weighted by atomic mass is 10.1.